The topological polar surface area (TPSA) is 84.3 Å². The Bertz CT molecular complexity index is 869. The van der Waals surface area contributed by atoms with Gasteiger partial charge in [0.1, 0.15) is 6.04 Å². The lowest BCUT2D eigenvalue weighted by Crippen LogP contribution is -2.48. The molecule has 2 aromatic rings. The van der Waals surface area contributed by atoms with E-state index >= 15 is 0 Å². The zero-order valence-corrected chi connectivity index (χ0v) is 16.1. The van der Waals surface area contributed by atoms with Crippen LogP contribution in [0.1, 0.15) is 39.2 Å². The lowest BCUT2D eigenvalue weighted by Gasteiger charge is -2.34. The molecule has 0 saturated carbocycles. The van der Waals surface area contributed by atoms with Crippen molar-refractivity contribution in [1.29, 1.82) is 0 Å². The van der Waals surface area contributed by atoms with Crippen molar-refractivity contribution in [2.75, 3.05) is 18.8 Å². The Balaban J connectivity index is 1.61. The molecular formula is C18H26N4O3S. The first kappa shape index (κ1) is 18.8. The molecule has 26 heavy (non-hydrogen) atoms. The van der Waals surface area contributed by atoms with Crippen LogP contribution in [0, 0.1) is 0 Å². The maximum Gasteiger partial charge on any atom is 0.245 e. The van der Waals surface area contributed by atoms with E-state index in [0.717, 1.165) is 11.0 Å². The van der Waals surface area contributed by atoms with E-state index in [1.54, 1.807) is 6.33 Å². The van der Waals surface area contributed by atoms with Gasteiger partial charge in [-0.25, -0.2) is 18.1 Å². The van der Waals surface area contributed by atoms with E-state index in [0.29, 0.717) is 32.4 Å². The Hall–Kier alpha value is -1.93. The number of nitrogens with one attached hydrogen (secondary N) is 1. The van der Waals surface area contributed by atoms with Crippen LogP contribution in [0.4, 0.5) is 0 Å². The number of para-hydroxylation sites is 2. The summed E-state index contributed by atoms with van der Waals surface area (Å²) >= 11 is 0. The predicted octanol–water partition coefficient (Wildman–Crippen LogP) is 1.92. The fraction of sp³-hybridized carbons (Fsp3) is 0.556. The minimum Gasteiger partial charge on any atom is -0.341 e. The second kappa shape index (κ2) is 7.75. The molecule has 2 heterocycles. The molecule has 0 aliphatic carbocycles. The highest BCUT2D eigenvalue weighted by Crippen LogP contribution is 2.21. The van der Waals surface area contributed by atoms with Crippen molar-refractivity contribution in [3.63, 3.8) is 0 Å². The zero-order valence-electron chi connectivity index (χ0n) is 15.3. The summed E-state index contributed by atoms with van der Waals surface area (Å²) in [6, 6.07) is 7.33. The van der Waals surface area contributed by atoms with Gasteiger partial charge in [0, 0.05) is 19.1 Å². The highest BCUT2D eigenvalue weighted by Gasteiger charge is 2.29. The largest absolute Gasteiger partial charge is 0.341 e. The van der Waals surface area contributed by atoms with Gasteiger partial charge in [0.05, 0.1) is 23.1 Å². The van der Waals surface area contributed by atoms with E-state index in [1.807, 2.05) is 47.6 Å². The molecule has 3 rings (SSSR count). The Morgan fingerprint density at radius 1 is 1.31 bits per heavy atom. The number of hydrogen-bond donors (Lipinski definition) is 1. The van der Waals surface area contributed by atoms with Gasteiger partial charge in [-0.2, -0.15) is 0 Å². The maximum absolute atomic E-state index is 12.9. The van der Waals surface area contributed by atoms with Crippen LogP contribution in [0.5, 0.6) is 0 Å². The van der Waals surface area contributed by atoms with Gasteiger partial charge >= 0.3 is 0 Å². The van der Waals surface area contributed by atoms with Gasteiger partial charge in [0.15, 0.2) is 0 Å². The van der Waals surface area contributed by atoms with Crippen molar-refractivity contribution >= 4 is 27.0 Å². The molecule has 142 valence electrons. The van der Waals surface area contributed by atoms with Crippen molar-refractivity contribution in [2.45, 2.75) is 45.2 Å². The standard InChI is InChI=1S/C18H26N4O3S/c1-3-12-26(24,25)20-15-8-10-21(11-9-15)18(23)14(2)22-13-19-16-6-4-5-7-17(16)22/h4-7,13-15,20H,3,8-12H2,1-2H3. The molecule has 1 aliphatic rings. The third-order valence-electron chi connectivity index (χ3n) is 4.88. The van der Waals surface area contributed by atoms with E-state index in [-0.39, 0.29) is 23.7 Å². The van der Waals surface area contributed by atoms with Crippen LogP contribution in [-0.2, 0) is 14.8 Å². The van der Waals surface area contributed by atoms with Crippen LogP contribution in [0.15, 0.2) is 30.6 Å². The Kier molecular flexibility index (Phi) is 5.62. The average Bonchev–Trinajstić information content (AvgIpc) is 3.05. The van der Waals surface area contributed by atoms with Gasteiger partial charge in [0.2, 0.25) is 15.9 Å². The van der Waals surface area contributed by atoms with Crippen LogP contribution >= 0.6 is 0 Å². The highest BCUT2D eigenvalue weighted by atomic mass is 32.2. The molecule has 1 aliphatic heterocycles. The monoisotopic (exact) mass is 378 g/mol. The number of nitrogens with zero attached hydrogens (tertiary/aromatic N) is 3. The number of rotatable bonds is 6. The number of benzene rings is 1. The number of carbonyl (C=O) groups excluding carboxylic acids is 1. The van der Waals surface area contributed by atoms with Crippen LogP contribution < -0.4 is 4.72 Å². The molecule has 1 saturated heterocycles. The molecule has 1 N–H and O–H groups in total. The summed E-state index contributed by atoms with van der Waals surface area (Å²) in [5.74, 6) is 0.194. The van der Waals surface area contributed by atoms with E-state index < -0.39 is 10.0 Å². The van der Waals surface area contributed by atoms with Gasteiger partial charge in [0.25, 0.3) is 0 Å². The van der Waals surface area contributed by atoms with E-state index in [2.05, 4.69) is 9.71 Å². The second-order valence-corrected chi connectivity index (χ2v) is 8.73. The fourth-order valence-corrected chi connectivity index (χ4v) is 4.87. The SMILES string of the molecule is CCCS(=O)(=O)NC1CCN(C(=O)C(C)n2cnc3ccccc32)CC1. The second-order valence-electron chi connectivity index (χ2n) is 6.85. The average molecular weight is 378 g/mol. The quantitative estimate of drug-likeness (QED) is 0.832. The molecule has 0 spiro atoms. The maximum atomic E-state index is 12.9. The number of aromatic nitrogens is 2. The summed E-state index contributed by atoms with van der Waals surface area (Å²) in [6.07, 6.45) is 3.60. The molecule has 1 fully saturated rings. The van der Waals surface area contributed by atoms with Gasteiger partial charge in [-0.1, -0.05) is 19.1 Å². The number of hydrogen-bond acceptors (Lipinski definition) is 4. The van der Waals surface area contributed by atoms with Crippen LogP contribution in [-0.4, -0.2) is 53.7 Å². The normalized spacial score (nSPS) is 17.5. The molecular weight excluding hydrogens is 352 g/mol. The number of piperidine rings is 1. The third-order valence-corrected chi connectivity index (χ3v) is 6.52. The number of likely N-dealkylation sites (tertiary alicyclic amines) is 1. The van der Waals surface area contributed by atoms with E-state index in [1.165, 1.54) is 0 Å². The lowest BCUT2D eigenvalue weighted by molar-refractivity contribution is -0.135. The summed E-state index contributed by atoms with van der Waals surface area (Å²) < 4.78 is 28.5. The smallest absolute Gasteiger partial charge is 0.245 e. The summed E-state index contributed by atoms with van der Waals surface area (Å²) in [5.41, 5.74) is 1.81. The molecule has 0 radical (unpaired) electrons. The van der Waals surface area contributed by atoms with Crippen molar-refractivity contribution < 1.29 is 13.2 Å². The van der Waals surface area contributed by atoms with Crippen LogP contribution in [0.2, 0.25) is 0 Å². The van der Waals surface area contributed by atoms with Crippen molar-refractivity contribution in [3.8, 4) is 0 Å². The van der Waals surface area contributed by atoms with Gasteiger partial charge < -0.3 is 9.47 Å². The summed E-state index contributed by atoms with van der Waals surface area (Å²) in [6.45, 7) is 4.86. The van der Waals surface area contributed by atoms with E-state index in [4.69, 9.17) is 0 Å². The lowest BCUT2D eigenvalue weighted by atomic mass is 10.1. The molecule has 7 nitrogen and oxygen atoms in total. The molecule has 1 aromatic heterocycles. The van der Waals surface area contributed by atoms with Gasteiger partial charge in [-0.15, -0.1) is 0 Å². The van der Waals surface area contributed by atoms with Gasteiger partial charge in [-0.3, -0.25) is 4.79 Å². The number of amides is 1. The van der Waals surface area contributed by atoms with Crippen LogP contribution in [0.25, 0.3) is 11.0 Å². The Morgan fingerprint density at radius 3 is 2.69 bits per heavy atom. The molecule has 1 unspecified atom stereocenters. The Morgan fingerprint density at radius 2 is 2.00 bits per heavy atom. The van der Waals surface area contributed by atoms with Crippen molar-refractivity contribution in [2.24, 2.45) is 0 Å². The summed E-state index contributed by atoms with van der Waals surface area (Å²) in [7, 11) is -3.21. The minimum absolute atomic E-state index is 0.0445. The predicted molar refractivity (Wildman–Crippen MR) is 101 cm³/mol. The van der Waals surface area contributed by atoms with Crippen molar-refractivity contribution in [1.82, 2.24) is 19.2 Å². The molecule has 1 aromatic carbocycles. The first-order valence-corrected chi connectivity index (χ1v) is 10.8. The summed E-state index contributed by atoms with van der Waals surface area (Å²) in [5, 5.41) is 0. The fourth-order valence-electron chi connectivity index (χ4n) is 3.47. The first-order valence-electron chi connectivity index (χ1n) is 9.11. The number of imidazole rings is 1. The molecule has 0 bridgehead atoms. The Labute approximate surface area is 154 Å². The minimum atomic E-state index is -3.21. The number of carbonyl (C=O) groups is 1. The van der Waals surface area contributed by atoms with Crippen molar-refractivity contribution in [3.05, 3.63) is 30.6 Å². The van der Waals surface area contributed by atoms with Crippen LogP contribution in [0.3, 0.4) is 0 Å². The van der Waals surface area contributed by atoms with Gasteiger partial charge in [-0.05, 0) is 38.3 Å². The first-order chi connectivity index (χ1) is 12.4. The molecule has 1 atom stereocenters. The highest BCUT2D eigenvalue weighted by molar-refractivity contribution is 7.89. The zero-order chi connectivity index (χ0) is 18.7. The third kappa shape index (κ3) is 4.07. The summed E-state index contributed by atoms with van der Waals surface area (Å²) in [4.78, 5) is 19.0. The molecule has 8 heteroatoms. The van der Waals surface area contributed by atoms with E-state index in [9.17, 15) is 13.2 Å². The number of fused-ring (bicyclic) bond motifs is 1. The molecule has 1 amide bonds. The number of sulfonamides is 1.